The maximum atomic E-state index is 12.1. The Kier molecular flexibility index (Phi) is 8.52. The largest absolute Gasteiger partial charge is 0.507 e. The predicted molar refractivity (Wildman–Crippen MR) is 111 cm³/mol. The number of nitrogen functional groups attached to an aromatic ring is 1. The fourth-order valence-electron chi connectivity index (χ4n) is 2.19. The van der Waals surface area contributed by atoms with Crippen LogP contribution in [0.1, 0.15) is 5.56 Å². The second-order valence-corrected chi connectivity index (χ2v) is 5.80. The highest BCUT2D eigenvalue weighted by molar-refractivity contribution is 6.34. The molecule has 0 aliphatic carbocycles. The van der Waals surface area contributed by atoms with Gasteiger partial charge < -0.3 is 26.6 Å². The Morgan fingerprint density at radius 3 is 2.64 bits per heavy atom. The van der Waals surface area contributed by atoms with E-state index in [1.54, 1.807) is 0 Å². The molecular formula is C17H18Cl2N4O5. The van der Waals surface area contributed by atoms with Crippen molar-refractivity contribution in [3.63, 3.8) is 0 Å². The number of aliphatic hydroxyl groups excluding tert-OH is 1. The highest BCUT2D eigenvalue weighted by Gasteiger charge is 2.18. The average molecular weight is 429 g/mol. The first-order chi connectivity index (χ1) is 12.8. The SMILES string of the molecule is Cl.Nc1ccc(O)c(C=CC(=O)Nc2cc([N+](=O)[O-])c(NCCO)cc2Cl)c1. The molecule has 0 aromatic heterocycles. The molecule has 0 fully saturated rings. The minimum absolute atomic E-state index is 0. The Morgan fingerprint density at radius 1 is 1.29 bits per heavy atom. The van der Waals surface area contributed by atoms with Crippen molar-refractivity contribution in [2.75, 3.05) is 29.5 Å². The number of benzene rings is 2. The van der Waals surface area contributed by atoms with Crippen molar-refractivity contribution in [3.8, 4) is 5.75 Å². The summed E-state index contributed by atoms with van der Waals surface area (Å²) in [6.45, 7) is -0.107. The minimum Gasteiger partial charge on any atom is -0.507 e. The second-order valence-electron chi connectivity index (χ2n) is 5.40. The fourth-order valence-corrected chi connectivity index (χ4v) is 2.40. The highest BCUT2D eigenvalue weighted by Crippen LogP contribution is 2.34. The summed E-state index contributed by atoms with van der Waals surface area (Å²) in [7, 11) is 0. The summed E-state index contributed by atoms with van der Waals surface area (Å²) in [6, 6.07) is 6.80. The van der Waals surface area contributed by atoms with E-state index in [-0.39, 0.29) is 53.4 Å². The van der Waals surface area contributed by atoms with E-state index in [0.717, 1.165) is 12.1 Å². The standard InChI is InChI=1S/C17H17ClN4O5.ClH/c18-12-8-14(20-5-6-23)15(22(26)27)9-13(12)21-17(25)4-1-10-7-11(19)2-3-16(10)24;/h1-4,7-9,20,23-24H,5-6,19H2,(H,21,25);1H. The Labute approximate surface area is 171 Å². The van der Waals surface area contributed by atoms with Crippen molar-refractivity contribution >= 4 is 58.7 Å². The molecule has 1 amide bonds. The zero-order valence-corrected chi connectivity index (χ0v) is 16.0. The van der Waals surface area contributed by atoms with Gasteiger partial charge in [-0.25, -0.2) is 0 Å². The molecule has 0 saturated heterocycles. The van der Waals surface area contributed by atoms with Gasteiger partial charge in [0.25, 0.3) is 5.69 Å². The number of carbonyl (C=O) groups is 1. The molecule has 6 N–H and O–H groups in total. The first kappa shape index (κ1) is 23.0. The van der Waals surface area contributed by atoms with Crippen LogP contribution in [0.4, 0.5) is 22.7 Å². The van der Waals surface area contributed by atoms with Gasteiger partial charge in [0.2, 0.25) is 5.91 Å². The molecule has 0 spiro atoms. The van der Waals surface area contributed by atoms with Crippen LogP contribution in [-0.2, 0) is 4.79 Å². The molecule has 0 unspecified atom stereocenters. The fraction of sp³-hybridized carbons (Fsp3) is 0.118. The van der Waals surface area contributed by atoms with E-state index in [0.29, 0.717) is 11.3 Å². The Morgan fingerprint density at radius 2 is 2.00 bits per heavy atom. The van der Waals surface area contributed by atoms with Crippen LogP contribution >= 0.6 is 24.0 Å². The van der Waals surface area contributed by atoms with E-state index < -0.39 is 10.8 Å². The molecule has 9 nitrogen and oxygen atoms in total. The number of nitro benzene ring substituents is 1. The van der Waals surface area contributed by atoms with Gasteiger partial charge in [0, 0.05) is 29.9 Å². The van der Waals surface area contributed by atoms with Crippen LogP contribution in [0.5, 0.6) is 5.75 Å². The number of phenolic OH excluding ortho intramolecular Hbond substituents is 1. The molecule has 0 aliphatic heterocycles. The molecule has 2 rings (SSSR count). The first-order valence-electron chi connectivity index (χ1n) is 7.72. The number of nitro groups is 1. The van der Waals surface area contributed by atoms with Crippen LogP contribution in [0.3, 0.4) is 0 Å². The van der Waals surface area contributed by atoms with Crippen molar-refractivity contribution < 1.29 is 19.9 Å². The molecule has 2 aromatic rings. The highest BCUT2D eigenvalue weighted by atomic mass is 35.5. The topological polar surface area (TPSA) is 151 Å². The van der Waals surface area contributed by atoms with Crippen molar-refractivity contribution in [2.45, 2.75) is 0 Å². The van der Waals surface area contributed by atoms with Gasteiger partial charge in [-0.05, 0) is 30.3 Å². The van der Waals surface area contributed by atoms with Crippen LogP contribution in [0, 0.1) is 10.1 Å². The van der Waals surface area contributed by atoms with Gasteiger partial charge in [0.1, 0.15) is 11.4 Å². The van der Waals surface area contributed by atoms with Crippen molar-refractivity contribution in [1.29, 1.82) is 0 Å². The monoisotopic (exact) mass is 428 g/mol. The molecule has 0 saturated carbocycles. The summed E-state index contributed by atoms with van der Waals surface area (Å²) in [6.07, 6.45) is 2.48. The lowest BCUT2D eigenvalue weighted by molar-refractivity contribution is -0.383. The maximum absolute atomic E-state index is 12.1. The maximum Gasteiger partial charge on any atom is 0.294 e. The van der Waals surface area contributed by atoms with Gasteiger partial charge in [-0.15, -0.1) is 12.4 Å². The Bertz CT molecular complexity index is 905. The van der Waals surface area contributed by atoms with E-state index in [9.17, 15) is 20.0 Å². The number of hydrogen-bond acceptors (Lipinski definition) is 7. The van der Waals surface area contributed by atoms with Gasteiger partial charge in [-0.3, -0.25) is 14.9 Å². The quantitative estimate of drug-likeness (QED) is 0.149. The number of carbonyl (C=O) groups excluding carboxylic acids is 1. The van der Waals surface area contributed by atoms with Crippen molar-refractivity contribution in [1.82, 2.24) is 0 Å². The number of aliphatic hydroxyl groups is 1. The molecule has 0 bridgehead atoms. The number of anilines is 3. The summed E-state index contributed by atoms with van der Waals surface area (Å²) in [5.74, 6) is -0.662. The molecule has 28 heavy (non-hydrogen) atoms. The van der Waals surface area contributed by atoms with E-state index in [4.69, 9.17) is 22.4 Å². The lowest BCUT2D eigenvalue weighted by Crippen LogP contribution is -2.11. The van der Waals surface area contributed by atoms with Gasteiger partial charge in [-0.2, -0.15) is 0 Å². The molecule has 0 radical (unpaired) electrons. The van der Waals surface area contributed by atoms with Crippen LogP contribution < -0.4 is 16.4 Å². The number of amides is 1. The average Bonchev–Trinajstić information content (AvgIpc) is 2.62. The minimum atomic E-state index is -0.633. The smallest absolute Gasteiger partial charge is 0.294 e. The molecular weight excluding hydrogens is 411 g/mol. The summed E-state index contributed by atoms with van der Waals surface area (Å²) in [5.41, 5.74) is 6.24. The van der Waals surface area contributed by atoms with Gasteiger partial charge in [0.15, 0.2) is 0 Å². The van der Waals surface area contributed by atoms with Gasteiger partial charge in [-0.1, -0.05) is 11.6 Å². The Hall–Kier alpha value is -3.01. The summed E-state index contributed by atoms with van der Waals surface area (Å²) in [5, 5.41) is 35.0. The third-order valence-corrected chi connectivity index (χ3v) is 3.75. The molecule has 0 heterocycles. The number of aromatic hydroxyl groups is 1. The summed E-state index contributed by atoms with van der Waals surface area (Å²) < 4.78 is 0. The van der Waals surface area contributed by atoms with Gasteiger partial charge in [0.05, 0.1) is 22.2 Å². The van der Waals surface area contributed by atoms with Gasteiger partial charge >= 0.3 is 0 Å². The Balaban J connectivity index is 0.00000392. The lowest BCUT2D eigenvalue weighted by Gasteiger charge is -2.10. The normalized spacial score (nSPS) is 10.4. The predicted octanol–water partition coefficient (Wildman–Crippen LogP) is 3.01. The molecule has 150 valence electrons. The molecule has 2 aromatic carbocycles. The lowest BCUT2D eigenvalue weighted by atomic mass is 10.1. The van der Waals surface area contributed by atoms with Crippen LogP contribution in [0.2, 0.25) is 5.02 Å². The number of phenols is 1. The first-order valence-corrected chi connectivity index (χ1v) is 8.10. The van der Waals surface area contributed by atoms with Crippen molar-refractivity contribution in [2.24, 2.45) is 0 Å². The number of rotatable bonds is 7. The van der Waals surface area contributed by atoms with E-state index in [1.165, 1.54) is 30.3 Å². The number of nitrogens with two attached hydrogens (primary N) is 1. The molecule has 0 aliphatic rings. The number of hydrogen-bond donors (Lipinski definition) is 5. The zero-order chi connectivity index (χ0) is 20.0. The number of nitrogens with one attached hydrogen (secondary N) is 2. The molecule has 11 heteroatoms. The molecule has 0 atom stereocenters. The summed E-state index contributed by atoms with van der Waals surface area (Å²) in [4.78, 5) is 22.7. The van der Waals surface area contributed by atoms with Crippen LogP contribution in [0.15, 0.2) is 36.4 Å². The third-order valence-electron chi connectivity index (χ3n) is 3.43. The van der Waals surface area contributed by atoms with E-state index in [2.05, 4.69) is 10.6 Å². The summed E-state index contributed by atoms with van der Waals surface area (Å²) >= 11 is 6.07. The van der Waals surface area contributed by atoms with E-state index in [1.807, 2.05) is 0 Å². The van der Waals surface area contributed by atoms with E-state index >= 15 is 0 Å². The van der Waals surface area contributed by atoms with Crippen molar-refractivity contribution in [3.05, 3.63) is 57.1 Å². The van der Waals surface area contributed by atoms with Crippen LogP contribution in [-0.4, -0.2) is 34.2 Å². The number of halogens is 2. The second kappa shape index (κ2) is 10.4. The zero-order valence-electron chi connectivity index (χ0n) is 14.4. The third kappa shape index (κ3) is 6.02. The van der Waals surface area contributed by atoms with Crippen LogP contribution in [0.25, 0.3) is 6.08 Å². The number of nitrogens with zero attached hydrogens (tertiary/aromatic N) is 1.